The van der Waals surface area contributed by atoms with Gasteiger partial charge in [-0.15, -0.1) is 0 Å². The first kappa shape index (κ1) is 29.3. The van der Waals surface area contributed by atoms with Crippen molar-refractivity contribution in [3.8, 4) is 0 Å². The van der Waals surface area contributed by atoms with E-state index in [1.54, 1.807) is 5.56 Å². The first-order valence-corrected chi connectivity index (χ1v) is 14.9. The van der Waals surface area contributed by atoms with Gasteiger partial charge in [-0.2, -0.15) is 0 Å². The van der Waals surface area contributed by atoms with Crippen molar-refractivity contribution >= 4 is 0 Å². The van der Waals surface area contributed by atoms with Crippen LogP contribution in [0.1, 0.15) is 173 Å². The van der Waals surface area contributed by atoms with E-state index in [2.05, 4.69) is 44.2 Å². The molecule has 0 heterocycles. The van der Waals surface area contributed by atoms with Gasteiger partial charge >= 0.3 is 0 Å². The SMILES string of the molecule is CCCCCCCCCCCCCCCCCCCCCC(CCCC)c1ccccc1. The molecule has 0 heteroatoms. The van der Waals surface area contributed by atoms with Crippen LogP contribution in [0.2, 0.25) is 0 Å². The summed E-state index contributed by atoms with van der Waals surface area (Å²) in [4.78, 5) is 0. The summed E-state index contributed by atoms with van der Waals surface area (Å²) in [6.07, 6.45) is 33.2. The summed E-state index contributed by atoms with van der Waals surface area (Å²) in [5.41, 5.74) is 1.57. The largest absolute Gasteiger partial charge is 0.0654 e. The molecule has 0 saturated heterocycles. The smallest absolute Gasteiger partial charge is 0.0162 e. The van der Waals surface area contributed by atoms with Gasteiger partial charge in [0, 0.05) is 0 Å². The van der Waals surface area contributed by atoms with Gasteiger partial charge < -0.3 is 0 Å². The van der Waals surface area contributed by atoms with E-state index < -0.39 is 0 Å². The van der Waals surface area contributed by atoms with Gasteiger partial charge in [-0.1, -0.05) is 179 Å². The molecule has 0 aromatic heterocycles. The average molecular weight is 443 g/mol. The van der Waals surface area contributed by atoms with Gasteiger partial charge in [-0.3, -0.25) is 0 Å². The molecule has 1 unspecified atom stereocenters. The highest BCUT2D eigenvalue weighted by molar-refractivity contribution is 5.19. The fraction of sp³-hybridized carbons (Fsp3) is 0.812. The highest BCUT2D eigenvalue weighted by atomic mass is 14.2. The van der Waals surface area contributed by atoms with E-state index in [4.69, 9.17) is 0 Å². The van der Waals surface area contributed by atoms with Crippen molar-refractivity contribution in [3.63, 3.8) is 0 Å². The fourth-order valence-electron chi connectivity index (χ4n) is 5.12. The van der Waals surface area contributed by atoms with Crippen LogP contribution in [0.25, 0.3) is 0 Å². The van der Waals surface area contributed by atoms with E-state index in [9.17, 15) is 0 Å². The summed E-state index contributed by atoms with van der Waals surface area (Å²) in [6, 6.07) is 11.3. The minimum Gasteiger partial charge on any atom is -0.0654 e. The molecule has 1 atom stereocenters. The standard InChI is InChI=1S/C32H58/c1-3-5-7-8-9-10-11-12-13-14-15-16-17-18-19-20-21-22-24-28-31(27-6-4-2)32-29-25-23-26-30-32/h23,25-26,29-31H,3-22,24,27-28H2,1-2H3. The zero-order valence-corrected chi connectivity index (χ0v) is 22.2. The molecule has 0 radical (unpaired) electrons. The third-order valence-electron chi connectivity index (χ3n) is 7.33. The Balaban J connectivity index is 1.84. The quantitative estimate of drug-likeness (QED) is 0.140. The highest BCUT2D eigenvalue weighted by Crippen LogP contribution is 2.28. The maximum atomic E-state index is 2.34. The fourth-order valence-corrected chi connectivity index (χ4v) is 5.12. The molecule has 0 spiro atoms. The Hall–Kier alpha value is -0.780. The summed E-state index contributed by atoms with van der Waals surface area (Å²) in [5.74, 6) is 0.793. The van der Waals surface area contributed by atoms with E-state index >= 15 is 0 Å². The lowest BCUT2D eigenvalue weighted by Gasteiger charge is -2.17. The Kier molecular flexibility index (Phi) is 21.4. The second-order valence-corrected chi connectivity index (χ2v) is 10.4. The van der Waals surface area contributed by atoms with Crippen molar-refractivity contribution in [1.29, 1.82) is 0 Å². The molecule has 0 saturated carbocycles. The molecule has 0 bridgehead atoms. The lowest BCUT2D eigenvalue weighted by atomic mass is 9.88. The van der Waals surface area contributed by atoms with E-state index in [1.807, 2.05) is 0 Å². The minimum atomic E-state index is 0.793. The van der Waals surface area contributed by atoms with Crippen LogP contribution in [0.3, 0.4) is 0 Å². The van der Waals surface area contributed by atoms with Crippen molar-refractivity contribution < 1.29 is 0 Å². The minimum absolute atomic E-state index is 0.793. The predicted molar refractivity (Wildman–Crippen MR) is 147 cm³/mol. The molecule has 0 aliphatic rings. The molecule has 1 rings (SSSR count). The molecular weight excluding hydrogens is 384 g/mol. The summed E-state index contributed by atoms with van der Waals surface area (Å²) in [6.45, 7) is 4.62. The lowest BCUT2D eigenvalue weighted by Crippen LogP contribution is -1.99. The molecule has 1 aromatic carbocycles. The Bertz CT molecular complexity index is 462. The molecule has 1 aromatic rings. The van der Waals surface area contributed by atoms with Crippen LogP contribution in [0.5, 0.6) is 0 Å². The van der Waals surface area contributed by atoms with Gasteiger partial charge in [0.1, 0.15) is 0 Å². The van der Waals surface area contributed by atoms with Gasteiger partial charge in [0.2, 0.25) is 0 Å². The monoisotopic (exact) mass is 442 g/mol. The van der Waals surface area contributed by atoms with Gasteiger partial charge in [-0.25, -0.2) is 0 Å². The maximum Gasteiger partial charge on any atom is -0.0162 e. The summed E-state index contributed by atoms with van der Waals surface area (Å²) in [7, 11) is 0. The van der Waals surface area contributed by atoms with Crippen LogP contribution in [0.15, 0.2) is 30.3 Å². The van der Waals surface area contributed by atoms with Crippen molar-refractivity contribution in [1.82, 2.24) is 0 Å². The predicted octanol–water partition coefficient (Wildman–Crippen LogP) is 11.8. The van der Waals surface area contributed by atoms with Crippen molar-refractivity contribution in [2.45, 2.75) is 167 Å². The molecular formula is C32H58. The molecule has 0 aliphatic heterocycles. The molecule has 0 N–H and O–H groups in total. The van der Waals surface area contributed by atoms with E-state index in [-0.39, 0.29) is 0 Å². The summed E-state index contributed by atoms with van der Waals surface area (Å²) < 4.78 is 0. The summed E-state index contributed by atoms with van der Waals surface area (Å²) in [5, 5.41) is 0. The number of rotatable bonds is 24. The number of hydrogen-bond acceptors (Lipinski definition) is 0. The third kappa shape index (κ3) is 17.7. The van der Waals surface area contributed by atoms with Crippen LogP contribution < -0.4 is 0 Å². The van der Waals surface area contributed by atoms with Crippen molar-refractivity contribution in [2.75, 3.05) is 0 Å². The van der Waals surface area contributed by atoms with Gasteiger partial charge in [0.15, 0.2) is 0 Å². The second kappa shape index (κ2) is 23.4. The van der Waals surface area contributed by atoms with Gasteiger partial charge in [0.25, 0.3) is 0 Å². The van der Waals surface area contributed by atoms with Crippen molar-refractivity contribution in [2.24, 2.45) is 0 Å². The zero-order valence-electron chi connectivity index (χ0n) is 22.2. The number of benzene rings is 1. The Morgan fingerprint density at radius 3 is 1.16 bits per heavy atom. The molecule has 0 nitrogen and oxygen atoms in total. The number of unbranched alkanes of at least 4 members (excludes halogenated alkanes) is 19. The topological polar surface area (TPSA) is 0 Å². The van der Waals surface area contributed by atoms with Gasteiger partial charge in [-0.05, 0) is 24.3 Å². The molecule has 0 aliphatic carbocycles. The Morgan fingerprint density at radius 1 is 0.406 bits per heavy atom. The van der Waals surface area contributed by atoms with E-state index in [0.717, 1.165) is 5.92 Å². The van der Waals surface area contributed by atoms with Crippen molar-refractivity contribution in [3.05, 3.63) is 35.9 Å². The van der Waals surface area contributed by atoms with E-state index in [0.29, 0.717) is 0 Å². The Morgan fingerprint density at radius 2 is 0.750 bits per heavy atom. The van der Waals surface area contributed by atoms with E-state index in [1.165, 1.54) is 148 Å². The van der Waals surface area contributed by atoms with Crippen LogP contribution in [-0.4, -0.2) is 0 Å². The average Bonchev–Trinajstić information content (AvgIpc) is 2.83. The first-order chi connectivity index (χ1) is 15.9. The second-order valence-electron chi connectivity index (χ2n) is 10.4. The molecule has 0 fully saturated rings. The molecule has 0 amide bonds. The maximum absolute atomic E-state index is 2.34. The molecule has 32 heavy (non-hydrogen) atoms. The normalized spacial score (nSPS) is 12.3. The highest BCUT2D eigenvalue weighted by Gasteiger charge is 2.10. The van der Waals surface area contributed by atoms with Crippen LogP contribution in [0.4, 0.5) is 0 Å². The van der Waals surface area contributed by atoms with Gasteiger partial charge in [0.05, 0.1) is 0 Å². The van der Waals surface area contributed by atoms with Crippen LogP contribution in [-0.2, 0) is 0 Å². The lowest BCUT2D eigenvalue weighted by molar-refractivity contribution is 0.494. The third-order valence-corrected chi connectivity index (χ3v) is 7.33. The molecule has 186 valence electrons. The first-order valence-electron chi connectivity index (χ1n) is 14.9. The number of hydrogen-bond donors (Lipinski definition) is 0. The summed E-state index contributed by atoms with van der Waals surface area (Å²) >= 11 is 0. The zero-order chi connectivity index (χ0) is 23.0. The van der Waals surface area contributed by atoms with Crippen LogP contribution in [0, 0.1) is 0 Å². The Labute approximate surface area is 203 Å². The van der Waals surface area contributed by atoms with Crippen LogP contribution >= 0.6 is 0 Å².